The Morgan fingerprint density at radius 2 is 1.42 bits per heavy atom. The third kappa shape index (κ3) is 7.76. The molecule has 3 aromatic carbocycles. The van der Waals surface area contributed by atoms with Crippen LogP contribution in [0, 0.1) is 0 Å². The van der Waals surface area contributed by atoms with E-state index in [0.29, 0.717) is 18.0 Å². The Morgan fingerprint density at radius 1 is 0.848 bits per heavy atom. The molecule has 0 aliphatic carbocycles. The fourth-order valence-corrected chi connectivity index (χ4v) is 3.92. The summed E-state index contributed by atoms with van der Waals surface area (Å²) >= 11 is 6.21. The predicted molar refractivity (Wildman–Crippen MR) is 134 cm³/mol. The summed E-state index contributed by atoms with van der Waals surface area (Å²) < 4.78 is 0. The first-order chi connectivity index (χ1) is 15.7. The Hall–Kier alpha value is -3.11. The third-order valence-corrected chi connectivity index (χ3v) is 5.44. The molecular formula is C28H31ClN2O2. The number of benzene rings is 3. The molecule has 1 N–H and O–H groups in total. The molecule has 0 saturated heterocycles. The molecule has 33 heavy (non-hydrogen) atoms. The first kappa shape index (κ1) is 24.5. The van der Waals surface area contributed by atoms with Gasteiger partial charge >= 0.3 is 0 Å². The molecule has 0 aromatic heterocycles. The zero-order valence-electron chi connectivity index (χ0n) is 19.4. The summed E-state index contributed by atoms with van der Waals surface area (Å²) in [5.41, 5.74) is 2.37. The normalized spacial score (nSPS) is 12.1. The van der Waals surface area contributed by atoms with Gasteiger partial charge in [0.1, 0.15) is 6.04 Å². The molecule has 2 amide bonds. The van der Waals surface area contributed by atoms with Crippen LogP contribution in [0.1, 0.15) is 37.5 Å². The lowest BCUT2D eigenvalue weighted by atomic mass is 10.00. The van der Waals surface area contributed by atoms with Crippen LogP contribution in [0.2, 0.25) is 5.02 Å². The van der Waals surface area contributed by atoms with E-state index < -0.39 is 11.6 Å². The van der Waals surface area contributed by atoms with E-state index in [4.69, 9.17) is 11.6 Å². The van der Waals surface area contributed by atoms with Crippen molar-refractivity contribution in [1.29, 1.82) is 0 Å². The van der Waals surface area contributed by atoms with Crippen LogP contribution in [0.5, 0.6) is 0 Å². The van der Waals surface area contributed by atoms with E-state index >= 15 is 0 Å². The maximum Gasteiger partial charge on any atom is 0.243 e. The predicted octanol–water partition coefficient (Wildman–Crippen LogP) is 5.44. The van der Waals surface area contributed by atoms with Crippen molar-refractivity contribution < 1.29 is 9.59 Å². The third-order valence-electron chi connectivity index (χ3n) is 5.21. The quantitative estimate of drug-likeness (QED) is 0.484. The highest BCUT2D eigenvalue weighted by atomic mass is 35.5. The summed E-state index contributed by atoms with van der Waals surface area (Å²) in [5, 5.41) is 3.68. The van der Waals surface area contributed by atoms with E-state index in [9.17, 15) is 9.59 Å². The molecule has 0 unspecified atom stereocenters. The monoisotopic (exact) mass is 462 g/mol. The van der Waals surface area contributed by atoms with E-state index in [1.54, 1.807) is 11.0 Å². The first-order valence-electron chi connectivity index (χ1n) is 11.1. The second-order valence-electron chi connectivity index (χ2n) is 9.26. The highest BCUT2D eigenvalue weighted by molar-refractivity contribution is 6.30. The minimum atomic E-state index is -0.665. The Labute approximate surface area is 201 Å². The average Bonchev–Trinajstić information content (AvgIpc) is 2.76. The lowest BCUT2D eigenvalue weighted by Crippen LogP contribution is -2.54. The molecule has 5 heteroatoms. The molecular weight excluding hydrogens is 432 g/mol. The summed E-state index contributed by atoms with van der Waals surface area (Å²) in [6.45, 7) is 6.12. The average molecular weight is 463 g/mol. The van der Waals surface area contributed by atoms with Gasteiger partial charge in [0.2, 0.25) is 11.8 Å². The van der Waals surface area contributed by atoms with Crippen LogP contribution < -0.4 is 5.32 Å². The van der Waals surface area contributed by atoms with Crippen molar-refractivity contribution in [1.82, 2.24) is 10.2 Å². The summed E-state index contributed by atoms with van der Waals surface area (Å²) in [5.74, 6) is -0.277. The maximum absolute atomic E-state index is 13.6. The second kappa shape index (κ2) is 11.2. The SMILES string of the molecule is CC(C)(C)NC(=O)[C@@H](Cc1ccccc1)N(Cc1cccc(Cl)c1)C(=O)Cc1ccccc1. The lowest BCUT2D eigenvalue weighted by Gasteiger charge is -2.34. The van der Waals surface area contributed by atoms with Crippen molar-refractivity contribution in [2.45, 2.75) is 51.7 Å². The Balaban J connectivity index is 1.98. The van der Waals surface area contributed by atoms with Crippen LogP contribution in [-0.2, 0) is 29.0 Å². The van der Waals surface area contributed by atoms with Crippen LogP contribution in [0.15, 0.2) is 84.9 Å². The van der Waals surface area contributed by atoms with Crippen molar-refractivity contribution in [3.05, 3.63) is 107 Å². The number of hydrogen-bond acceptors (Lipinski definition) is 2. The van der Waals surface area contributed by atoms with Gasteiger partial charge in [0.05, 0.1) is 6.42 Å². The molecule has 0 fully saturated rings. The van der Waals surface area contributed by atoms with Crippen molar-refractivity contribution in [2.24, 2.45) is 0 Å². The smallest absolute Gasteiger partial charge is 0.243 e. The van der Waals surface area contributed by atoms with Crippen LogP contribution in [-0.4, -0.2) is 28.3 Å². The van der Waals surface area contributed by atoms with Gasteiger partial charge in [0.15, 0.2) is 0 Å². The number of halogens is 1. The molecule has 1 atom stereocenters. The fourth-order valence-electron chi connectivity index (χ4n) is 3.71. The van der Waals surface area contributed by atoms with Crippen LogP contribution in [0.25, 0.3) is 0 Å². The number of amides is 2. The topological polar surface area (TPSA) is 49.4 Å². The fraction of sp³-hybridized carbons (Fsp3) is 0.286. The van der Waals surface area contributed by atoms with Crippen molar-refractivity contribution in [2.75, 3.05) is 0 Å². The number of carbonyl (C=O) groups is 2. The minimum absolute atomic E-state index is 0.105. The molecule has 4 nitrogen and oxygen atoms in total. The van der Waals surface area contributed by atoms with E-state index in [2.05, 4.69) is 5.32 Å². The van der Waals surface area contributed by atoms with Gasteiger partial charge in [-0.2, -0.15) is 0 Å². The van der Waals surface area contributed by atoms with Crippen LogP contribution in [0.3, 0.4) is 0 Å². The minimum Gasteiger partial charge on any atom is -0.350 e. The molecule has 3 aromatic rings. The Kier molecular flexibility index (Phi) is 8.29. The standard InChI is InChI=1S/C28H31ClN2O2/c1-28(2,3)30-27(33)25(18-21-11-6-4-7-12-21)31(20-23-15-10-16-24(29)17-23)26(32)19-22-13-8-5-9-14-22/h4-17,25H,18-20H2,1-3H3,(H,30,33)/t25-/m1/s1. The Bertz CT molecular complexity index is 1060. The zero-order valence-corrected chi connectivity index (χ0v) is 20.2. The van der Waals surface area contributed by atoms with E-state index in [0.717, 1.165) is 16.7 Å². The molecule has 0 radical (unpaired) electrons. The van der Waals surface area contributed by atoms with Crippen molar-refractivity contribution >= 4 is 23.4 Å². The number of rotatable bonds is 8. The van der Waals surface area contributed by atoms with Gasteiger partial charge in [0, 0.05) is 23.5 Å². The number of carbonyl (C=O) groups excluding carboxylic acids is 2. The molecule has 0 spiro atoms. The molecule has 0 aliphatic rings. The van der Waals surface area contributed by atoms with Gasteiger partial charge < -0.3 is 10.2 Å². The number of hydrogen-bond donors (Lipinski definition) is 1. The first-order valence-corrected chi connectivity index (χ1v) is 11.5. The van der Waals surface area contributed by atoms with E-state index in [1.165, 1.54) is 0 Å². The molecule has 0 aliphatic heterocycles. The highest BCUT2D eigenvalue weighted by Crippen LogP contribution is 2.19. The van der Waals surface area contributed by atoms with Crippen LogP contribution in [0.4, 0.5) is 0 Å². The van der Waals surface area contributed by atoms with E-state index in [1.807, 2.05) is 99.6 Å². The van der Waals surface area contributed by atoms with Gasteiger partial charge in [-0.05, 0) is 49.6 Å². The Morgan fingerprint density at radius 3 is 2.00 bits per heavy atom. The lowest BCUT2D eigenvalue weighted by molar-refractivity contribution is -0.141. The van der Waals surface area contributed by atoms with Crippen LogP contribution >= 0.6 is 11.6 Å². The van der Waals surface area contributed by atoms with Gasteiger partial charge in [0.25, 0.3) is 0 Å². The molecule has 172 valence electrons. The number of nitrogens with one attached hydrogen (secondary N) is 1. The van der Waals surface area contributed by atoms with E-state index in [-0.39, 0.29) is 18.2 Å². The summed E-state index contributed by atoms with van der Waals surface area (Å²) in [7, 11) is 0. The van der Waals surface area contributed by atoms with Gasteiger partial charge in [-0.3, -0.25) is 9.59 Å². The molecule has 0 heterocycles. The van der Waals surface area contributed by atoms with Gasteiger partial charge in [-0.25, -0.2) is 0 Å². The molecule has 3 rings (SSSR count). The highest BCUT2D eigenvalue weighted by Gasteiger charge is 2.32. The largest absolute Gasteiger partial charge is 0.350 e. The summed E-state index contributed by atoms with van der Waals surface area (Å²) in [6.07, 6.45) is 0.638. The van der Waals surface area contributed by atoms with Crippen molar-refractivity contribution in [3.63, 3.8) is 0 Å². The maximum atomic E-state index is 13.6. The van der Waals surface area contributed by atoms with Gasteiger partial charge in [-0.1, -0.05) is 84.4 Å². The van der Waals surface area contributed by atoms with Crippen molar-refractivity contribution in [3.8, 4) is 0 Å². The number of nitrogens with zero attached hydrogens (tertiary/aromatic N) is 1. The molecule has 0 bridgehead atoms. The summed E-state index contributed by atoms with van der Waals surface area (Å²) in [6, 6.07) is 26.2. The second-order valence-corrected chi connectivity index (χ2v) is 9.70. The molecule has 0 saturated carbocycles. The van der Waals surface area contributed by atoms with Gasteiger partial charge in [-0.15, -0.1) is 0 Å². The zero-order chi connectivity index (χ0) is 23.8. The summed E-state index contributed by atoms with van der Waals surface area (Å²) in [4.78, 5) is 28.8.